The van der Waals surface area contributed by atoms with Crippen molar-refractivity contribution in [3.8, 4) is 5.75 Å². The second kappa shape index (κ2) is 5.99. The lowest BCUT2D eigenvalue weighted by Gasteiger charge is -2.12. The summed E-state index contributed by atoms with van der Waals surface area (Å²) in [4.78, 5) is 16.2. The van der Waals surface area contributed by atoms with E-state index in [4.69, 9.17) is 0 Å². The van der Waals surface area contributed by atoms with E-state index in [1.807, 2.05) is 0 Å². The highest BCUT2D eigenvalue weighted by molar-refractivity contribution is 5.93. The molecule has 0 spiro atoms. The lowest BCUT2D eigenvalue weighted by Crippen LogP contribution is -2.25. The number of fused-ring (bicyclic) bond motifs is 1. The molecule has 5 heteroatoms. The highest BCUT2D eigenvalue weighted by atomic mass is 16.3. The van der Waals surface area contributed by atoms with Crippen LogP contribution in [-0.2, 0) is 0 Å². The Morgan fingerprint density at radius 1 is 1.43 bits per heavy atom. The monoisotopic (exact) mass is 285 g/mol. The van der Waals surface area contributed by atoms with Crippen molar-refractivity contribution in [2.75, 3.05) is 6.54 Å². The van der Waals surface area contributed by atoms with Crippen molar-refractivity contribution < 1.29 is 9.90 Å². The first kappa shape index (κ1) is 13.7. The van der Waals surface area contributed by atoms with Crippen molar-refractivity contribution >= 4 is 11.6 Å². The van der Waals surface area contributed by atoms with Crippen molar-refractivity contribution in [3.05, 3.63) is 41.9 Å². The molecule has 0 saturated carbocycles. The standard InChI is InChI=1S/C16H19N3O2/c20-14-7-4-10-19-11-13(18-15(14)19)16(21)17-9-8-12-5-2-1-3-6-12/h4-5,7,10-11,20H,1-3,6,8-9H2,(H,17,21). The number of hydrogen-bond donors (Lipinski definition) is 2. The molecular weight excluding hydrogens is 266 g/mol. The molecule has 0 aromatic carbocycles. The molecule has 0 fully saturated rings. The number of rotatable bonds is 4. The van der Waals surface area contributed by atoms with Gasteiger partial charge in [-0.15, -0.1) is 0 Å². The van der Waals surface area contributed by atoms with Crippen LogP contribution in [0.1, 0.15) is 42.6 Å². The van der Waals surface area contributed by atoms with Crippen molar-refractivity contribution in [2.24, 2.45) is 0 Å². The molecule has 0 saturated heterocycles. The quantitative estimate of drug-likeness (QED) is 0.849. The predicted molar refractivity (Wildman–Crippen MR) is 80.4 cm³/mol. The summed E-state index contributed by atoms with van der Waals surface area (Å²) in [6.07, 6.45) is 11.4. The van der Waals surface area contributed by atoms with Gasteiger partial charge in [-0.05, 0) is 44.2 Å². The van der Waals surface area contributed by atoms with Gasteiger partial charge in [0, 0.05) is 18.9 Å². The molecule has 2 N–H and O–H groups in total. The molecule has 5 nitrogen and oxygen atoms in total. The highest BCUT2D eigenvalue weighted by Crippen LogP contribution is 2.19. The van der Waals surface area contributed by atoms with E-state index >= 15 is 0 Å². The van der Waals surface area contributed by atoms with E-state index in [0.717, 1.165) is 19.3 Å². The molecule has 21 heavy (non-hydrogen) atoms. The van der Waals surface area contributed by atoms with Crippen LogP contribution >= 0.6 is 0 Å². The Balaban J connectivity index is 1.61. The van der Waals surface area contributed by atoms with Gasteiger partial charge in [-0.2, -0.15) is 0 Å². The minimum atomic E-state index is -0.200. The number of imidazole rings is 1. The molecule has 0 atom stereocenters. The van der Waals surface area contributed by atoms with Gasteiger partial charge in [0.2, 0.25) is 0 Å². The van der Waals surface area contributed by atoms with Crippen LogP contribution in [0.2, 0.25) is 0 Å². The number of pyridine rings is 1. The van der Waals surface area contributed by atoms with Gasteiger partial charge in [-0.1, -0.05) is 11.6 Å². The number of allylic oxidation sites excluding steroid dienone is 1. The summed E-state index contributed by atoms with van der Waals surface area (Å²) in [5.74, 6) is -0.126. The Bertz CT molecular complexity index is 688. The zero-order chi connectivity index (χ0) is 14.7. The van der Waals surface area contributed by atoms with Gasteiger partial charge in [0.25, 0.3) is 5.91 Å². The Hall–Kier alpha value is -2.30. The van der Waals surface area contributed by atoms with E-state index < -0.39 is 0 Å². The highest BCUT2D eigenvalue weighted by Gasteiger charge is 2.12. The number of aromatic hydroxyl groups is 1. The van der Waals surface area contributed by atoms with Gasteiger partial charge in [-0.3, -0.25) is 4.79 Å². The number of carbonyl (C=O) groups is 1. The molecule has 2 aromatic rings. The number of carbonyl (C=O) groups excluding carboxylic acids is 1. The minimum absolute atomic E-state index is 0.0731. The molecular formula is C16H19N3O2. The Morgan fingerprint density at radius 3 is 3.10 bits per heavy atom. The second-order valence-electron chi connectivity index (χ2n) is 5.36. The van der Waals surface area contributed by atoms with Crippen LogP contribution in [0.25, 0.3) is 5.65 Å². The lowest BCUT2D eigenvalue weighted by molar-refractivity contribution is 0.0949. The van der Waals surface area contributed by atoms with Crippen LogP contribution in [0.15, 0.2) is 36.2 Å². The average molecular weight is 285 g/mol. The largest absolute Gasteiger partial charge is 0.504 e. The molecule has 110 valence electrons. The molecule has 1 amide bonds. The third-order valence-electron chi connectivity index (χ3n) is 3.81. The average Bonchev–Trinajstić information content (AvgIpc) is 2.94. The maximum Gasteiger partial charge on any atom is 0.271 e. The van der Waals surface area contributed by atoms with E-state index in [1.165, 1.54) is 18.4 Å². The summed E-state index contributed by atoms with van der Waals surface area (Å²) in [6, 6.07) is 3.26. The van der Waals surface area contributed by atoms with Crippen molar-refractivity contribution in [2.45, 2.75) is 32.1 Å². The molecule has 2 heterocycles. The summed E-state index contributed by atoms with van der Waals surface area (Å²) >= 11 is 0. The number of nitrogens with zero attached hydrogens (tertiary/aromatic N) is 2. The van der Waals surface area contributed by atoms with Crippen LogP contribution in [0, 0.1) is 0 Å². The Labute approximate surface area is 123 Å². The van der Waals surface area contributed by atoms with Crippen LogP contribution in [-0.4, -0.2) is 26.9 Å². The van der Waals surface area contributed by atoms with Gasteiger partial charge in [0.15, 0.2) is 11.4 Å². The van der Waals surface area contributed by atoms with Crippen LogP contribution in [0.5, 0.6) is 5.75 Å². The summed E-state index contributed by atoms with van der Waals surface area (Å²) in [5.41, 5.74) is 2.17. The third kappa shape index (κ3) is 3.07. The molecule has 0 aliphatic heterocycles. The fraction of sp³-hybridized carbons (Fsp3) is 0.375. The van der Waals surface area contributed by atoms with E-state index in [9.17, 15) is 9.90 Å². The lowest BCUT2D eigenvalue weighted by atomic mass is 9.97. The van der Waals surface area contributed by atoms with Gasteiger partial charge in [0.1, 0.15) is 5.69 Å². The second-order valence-corrected chi connectivity index (χ2v) is 5.36. The van der Waals surface area contributed by atoms with Crippen molar-refractivity contribution in [3.63, 3.8) is 0 Å². The van der Waals surface area contributed by atoms with Gasteiger partial charge < -0.3 is 14.8 Å². The van der Waals surface area contributed by atoms with Gasteiger partial charge >= 0.3 is 0 Å². The third-order valence-corrected chi connectivity index (χ3v) is 3.81. The summed E-state index contributed by atoms with van der Waals surface area (Å²) in [7, 11) is 0. The maximum absolute atomic E-state index is 12.1. The molecule has 0 bridgehead atoms. The summed E-state index contributed by atoms with van der Waals surface area (Å²) in [5, 5.41) is 12.6. The maximum atomic E-state index is 12.1. The van der Waals surface area contributed by atoms with Gasteiger partial charge in [0.05, 0.1) is 0 Å². The smallest absolute Gasteiger partial charge is 0.271 e. The SMILES string of the molecule is O=C(NCCC1=CCCCC1)c1cn2cccc(O)c2n1. The zero-order valence-corrected chi connectivity index (χ0v) is 11.9. The minimum Gasteiger partial charge on any atom is -0.504 e. The van der Waals surface area contributed by atoms with E-state index in [0.29, 0.717) is 17.9 Å². The zero-order valence-electron chi connectivity index (χ0n) is 11.9. The Morgan fingerprint density at radius 2 is 2.33 bits per heavy atom. The van der Waals surface area contributed by atoms with Crippen LogP contribution in [0.3, 0.4) is 0 Å². The summed E-state index contributed by atoms with van der Waals surface area (Å²) < 4.78 is 1.65. The molecule has 2 aromatic heterocycles. The molecule has 0 unspecified atom stereocenters. The first-order valence-corrected chi connectivity index (χ1v) is 7.37. The number of aromatic nitrogens is 2. The number of hydrogen-bond acceptors (Lipinski definition) is 3. The first-order valence-electron chi connectivity index (χ1n) is 7.37. The van der Waals surface area contributed by atoms with Crippen LogP contribution in [0.4, 0.5) is 0 Å². The fourth-order valence-electron chi connectivity index (χ4n) is 2.67. The number of amides is 1. The molecule has 0 radical (unpaired) electrons. The first-order chi connectivity index (χ1) is 10.2. The van der Waals surface area contributed by atoms with E-state index in [-0.39, 0.29) is 11.7 Å². The fourth-order valence-corrected chi connectivity index (χ4v) is 2.67. The van der Waals surface area contributed by atoms with Crippen molar-refractivity contribution in [1.29, 1.82) is 0 Å². The summed E-state index contributed by atoms with van der Waals surface area (Å²) in [6.45, 7) is 0.629. The van der Waals surface area contributed by atoms with E-state index in [2.05, 4.69) is 16.4 Å². The normalized spacial score (nSPS) is 15.0. The molecule has 1 aliphatic carbocycles. The molecule has 1 aliphatic rings. The Kier molecular flexibility index (Phi) is 3.90. The van der Waals surface area contributed by atoms with Crippen molar-refractivity contribution in [1.82, 2.24) is 14.7 Å². The predicted octanol–water partition coefficient (Wildman–Crippen LogP) is 2.66. The topological polar surface area (TPSA) is 66.6 Å². The van der Waals surface area contributed by atoms with Crippen LogP contribution < -0.4 is 5.32 Å². The van der Waals surface area contributed by atoms with E-state index in [1.54, 1.807) is 28.9 Å². The van der Waals surface area contributed by atoms with Gasteiger partial charge in [-0.25, -0.2) is 4.98 Å². The molecule has 3 rings (SSSR count). The number of nitrogens with one attached hydrogen (secondary N) is 1.